The van der Waals surface area contributed by atoms with Crippen LogP contribution in [0, 0.1) is 0 Å². The molecule has 1 aliphatic rings. The van der Waals surface area contributed by atoms with Crippen LogP contribution in [0.15, 0.2) is 10.9 Å². The van der Waals surface area contributed by atoms with E-state index in [1.807, 2.05) is 0 Å². The molecule has 1 aromatic rings. The lowest BCUT2D eigenvalue weighted by molar-refractivity contribution is -0.142. The summed E-state index contributed by atoms with van der Waals surface area (Å²) in [4.78, 5) is 29.4. The molecule has 1 amide bonds. The minimum atomic E-state index is -0.266. The van der Waals surface area contributed by atoms with E-state index in [0.717, 1.165) is 19.3 Å². The van der Waals surface area contributed by atoms with Crippen molar-refractivity contribution in [2.45, 2.75) is 31.7 Å². The number of piperidine rings is 1. The zero-order valence-electron chi connectivity index (χ0n) is 10.3. The lowest BCUT2D eigenvalue weighted by atomic mass is 9.99. The number of methoxy groups -OCH3 is 1. The summed E-state index contributed by atoms with van der Waals surface area (Å²) in [7, 11) is 1.37. The molecular weight excluding hydrogens is 252 g/mol. The molecule has 0 N–H and O–H groups in total. The first-order chi connectivity index (χ1) is 8.72. The lowest BCUT2D eigenvalue weighted by Crippen LogP contribution is -2.45. The second-order valence-electron chi connectivity index (χ2n) is 4.30. The Hall–Kier alpha value is -1.43. The lowest BCUT2D eigenvalue weighted by Gasteiger charge is -2.34. The molecule has 18 heavy (non-hydrogen) atoms. The van der Waals surface area contributed by atoms with Gasteiger partial charge >= 0.3 is 5.97 Å². The van der Waals surface area contributed by atoms with Crippen molar-refractivity contribution in [1.29, 1.82) is 0 Å². The number of likely N-dealkylation sites (tertiary alicyclic amines) is 1. The molecular formula is C12H16N2O3S. The van der Waals surface area contributed by atoms with Crippen molar-refractivity contribution in [2.24, 2.45) is 0 Å². The second-order valence-corrected chi connectivity index (χ2v) is 5.02. The van der Waals surface area contributed by atoms with Crippen LogP contribution in [0.5, 0.6) is 0 Å². The molecule has 5 nitrogen and oxygen atoms in total. The molecule has 1 aromatic heterocycles. The van der Waals surface area contributed by atoms with Gasteiger partial charge in [0.2, 0.25) is 0 Å². The van der Waals surface area contributed by atoms with Crippen molar-refractivity contribution in [2.75, 3.05) is 13.7 Å². The number of ether oxygens (including phenoxy) is 1. The Bertz CT molecular complexity index is 419. The normalized spacial score (nSPS) is 19.6. The maximum atomic E-state index is 12.3. The second kappa shape index (κ2) is 5.95. The summed E-state index contributed by atoms with van der Waals surface area (Å²) >= 11 is 1.40. The van der Waals surface area contributed by atoms with E-state index in [1.165, 1.54) is 18.4 Å². The number of rotatable bonds is 3. The summed E-state index contributed by atoms with van der Waals surface area (Å²) in [6.45, 7) is 0.692. The van der Waals surface area contributed by atoms with Gasteiger partial charge in [0, 0.05) is 18.0 Å². The summed E-state index contributed by atoms with van der Waals surface area (Å²) in [5, 5.41) is 1.74. The first-order valence-corrected chi connectivity index (χ1v) is 6.92. The van der Waals surface area contributed by atoms with Gasteiger partial charge < -0.3 is 9.64 Å². The molecule has 0 aliphatic carbocycles. The van der Waals surface area contributed by atoms with Crippen LogP contribution in [0.25, 0.3) is 0 Å². The summed E-state index contributed by atoms with van der Waals surface area (Å²) in [6, 6.07) is -0.0552. The molecule has 1 unspecified atom stereocenters. The summed E-state index contributed by atoms with van der Waals surface area (Å²) < 4.78 is 4.68. The number of carbonyl (C=O) groups is 2. The van der Waals surface area contributed by atoms with Crippen LogP contribution in [0.4, 0.5) is 0 Å². The molecule has 2 rings (SSSR count). The number of aromatic nitrogens is 1. The van der Waals surface area contributed by atoms with E-state index in [9.17, 15) is 9.59 Å². The van der Waals surface area contributed by atoms with Gasteiger partial charge in [0.05, 0.1) is 19.0 Å². The number of carbonyl (C=O) groups excluding carboxylic acids is 2. The monoisotopic (exact) mass is 268 g/mol. The van der Waals surface area contributed by atoms with Crippen LogP contribution in [0.3, 0.4) is 0 Å². The zero-order chi connectivity index (χ0) is 13.0. The highest BCUT2D eigenvalue weighted by atomic mass is 32.1. The maximum Gasteiger partial charge on any atom is 0.307 e. The highest BCUT2D eigenvalue weighted by Gasteiger charge is 2.30. The van der Waals surface area contributed by atoms with Crippen molar-refractivity contribution < 1.29 is 14.3 Å². The Balaban J connectivity index is 2.08. The molecule has 0 radical (unpaired) electrons. The van der Waals surface area contributed by atoms with Gasteiger partial charge in [-0.25, -0.2) is 4.98 Å². The van der Waals surface area contributed by atoms with E-state index in [0.29, 0.717) is 12.2 Å². The number of hydrogen-bond donors (Lipinski definition) is 0. The summed E-state index contributed by atoms with van der Waals surface area (Å²) in [5.41, 5.74) is 2.11. The molecule has 0 bridgehead atoms. The molecule has 1 atom stereocenters. The third-order valence-electron chi connectivity index (χ3n) is 3.17. The first kappa shape index (κ1) is 13.0. The molecule has 0 aromatic carbocycles. The fourth-order valence-corrected chi connectivity index (χ4v) is 2.75. The van der Waals surface area contributed by atoms with Crippen LogP contribution in [0.1, 0.15) is 36.2 Å². The topological polar surface area (TPSA) is 59.5 Å². The largest absolute Gasteiger partial charge is 0.469 e. The van der Waals surface area contributed by atoms with E-state index in [1.54, 1.807) is 15.8 Å². The third kappa shape index (κ3) is 2.87. The molecule has 2 heterocycles. The minimum absolute atomic E-state index is 0.0552. The Labute approximate surface area is 110 Å². The highest BCUT2D eigenvalue weighted by molar-refractivity contribution is 7.07. The molecule has 0 spiro atoms. The SMILES string of the molecule is COC(=O)CC1CCCCN1C(=O)c1cscn1. The van der Waals surface area contributed by atoms with Crippen LogP contribution >= 0.6 is 11.3 Å². The summed E-state index contributed by atoms with van der Waals surface area (Å²) in [5.74, 6) is -0.345. The van der Waals surface area contributed by atoms with E-state index in [4.69, 9.17) is 0 Å². The van der Waals surface area contributed by atoms with Crippen molar-refractivity contribution >= 4 is 23.2 Å². The quantitative estimate of drug-likeness (QED) is 0.783. The van der Waals surface area contributed by atoms with Gasteiger partial charge in [-0.3, -0.25) is 9.59 Å². The van der Waals surface area contributed by atoms with Gasteiger partial charge in [0.1, 0.15) is 5.69 Å². The molecule has 1 saturated heterocycles. The first-order valence-electron chi connectivity index (χ1n) is 5.98. The van der Waals surface area contributed by atoms with E-state index >= 15 is 0 Å². The van der Waals surface area contributed by atoms with Gasteiger partial charge in [-0.05, 0) is 19.3 Å². The molecule has 1 aliphatic heterocycles. The predicted octanol–water partition coefficient (Wildman–Crippen LogP) is 1.70. The van der Waals surface area contributed by atoms with Crippen molar-refractivity contribution in [1.82, 2.24) is 9.88 Å². The fraction of sp³-hybridized carbons (Fsp3) is 0.583. The molecule has 6 heteroatoms. The van der Waals surface area contributed by atoms with E-state index < -0.39 is 0 Å². The van der Waals surface area contributed by atoms with E-state index in [-0.39, 0.29) is 24.3 Å². The Morgan fingerprint density at radius 3 is 3.06 bits per heavy atom. The third-order valence-corrected chi connectivity index (χ3v) is 3.76. The number of hydrogen-bond acceptors (Lipinski definition) is 5. The molecule has 98 valence electrons. The average molecular weight is 268 g/mol. The van der Waals surface area contributed by atoms with Crippen molar-refractivity contribution in [3.8, 4) is 0 Å². The standard InChI is InChI=1S/C12H16N2O3S/c1-17-11(15)6-9-4-2-3-5-14(9)12(16)10-7-18-8-13-10/h7-9H,2-6H2,1H3. The zero-order valence-corrected chi connectivity index (χ0v) is 11.1. The van der Waals surface area contributed by atoms with Gasteiger partial charge in [-0.15, -0.1) is 11.3 Å². The van der Waals surface area contributed by atoms with Crippen LogP contribution in [-0.4, -0.2) is 41.5 Å². The van der Waals surface area contributed by atoms with E-state index in [2.05, 4.69) is 9.72 Å². The fourth-order valence-electron chi connectivity index (χ4n) is 2.22. The number of esters is 1. The summed E-state index contributed by atoms with van der Waals surface area (Å²) in [6.07, 6.45) is 3.15. The van der Waals surface area contributed by atoms with Crippen LogP contribution < -0.4 is 0 Å². The molecule has 1 fully saturated rings. The average Bonchev–Trinajstić information content (AvgIpc) is 2.92. The van der Waals surface area contributed by atoms with Gasteiger partial charge in [-0.1, -0.05) is 0 Å². The minimum Gasteiger partial charge on any atom is -0.469 e. The number of amides is 1. The van der Waals surface area contributed by atoms with Crippen LogP contribution in [0.2, 0.25) is 0 Å². The maximum absolute atomic E-state index is 12.3. The number of nitrogens with zero attached hydrogens (tertiary/aromatic N) is 2. The smallest absolute Gasteiger partial charge is 0.307 e. The highest BCUT2D eigenvalue weighted by Crippen LogP contribution is 2.22. The van der Waals surface area contributed by atoms with Gasteiger partial charge in [-0.2, -0.15) is 0 Å². The Morgan fingerprint density at radius 2 is 2.39 bits per heavy atom. The van der Waals surface area contributed by atoms with Crippen molar-refractivity contribution in [3.05, 3.63) is 16.6 Å². The van der Waals surface area contributed by atoms with Crippen molar-refractivity contribution in [3.63, 3.8) is 0 Å². The van der Waals surface area contributed by atoms with Gasteiger partial charge in [0.15, 0.2) is 0 Å². The molecule has 0 saturated carbocycles. The van der Waals surface area contributed by atoms with Crippen LogP contribution in [-0.2, 0) is 9.53 Å². The number of thiazole rings is 1. The van der Waals surface area contributed by atoms with Gasteiger partial charge in [0.25, 0.3) is 5.91 Å². The Kier molecular flexibility index (Phi) is 4.30. The predicted molar refractivity (Wildman–Crippen MR) is 67.4 cm³/mol. The Morgan fingerprint density at radius 1 is 1.56 bits per heavy atom.